The molecule has 0 spiro atoms. The van der Waals surface area contributed by atoms with Crippen LogP contribution in [0.4, 0.5) is 0 Å². The number of aromatic nitrogens is 1. The lowest BCUT2D eigenvalue weighted by atomic mass is 9.90. The van der Waals surface area contributed by atoms with E-state index in [2.05, 4.69) is 4.98 Å². The van der Waals surface area contributed by atoms with Crippen molar-refractivity contribution in [1.82, 2.24) is 14.8 Å². The van der Waals surface area contributed by atoms with Crippen LogP contribution in [0.3, 0.4) is 0 Å². The Morgan fingerprint density at radius 1 is 0.700 bits per heavy atom. The van der Waals surface area contributed by atoms with Crippen LogP contribution in [0.5, 0.6) is 0 Å². The first-order valence-electron chi connectivity index (χ1n) is 10.3. The predicted molar refractivity (Wildman–Crippen MR) is 116 cm³/mol. The molecule has 0 N–H and O–H groups in total. The summed E-state index contributed by atoms with van der Waals surface area (Å²) in [5.41, 5.74) is 2.42. The van der Waals surface area contributed by atoms with Gasteiger partial charge in [-0.25, -0.2) is 0 Å². The van der Waals surface area contributed by atoms with E-state index in [-0.39, 0.29) is 17.7 Å². The summed E-state index contributed by atoms with van der Waals surface area (Å²) in [6.07, 6.45) is 2.38. The first-order valence-corrected chi connectivity index (χ1v) is 10.3. The van der Waals surface area contributed by atoms with Crippen molar-refractivity contribution in [3.63, 3.8) is 0 Å². The maximum Gasteiger partial charge on any atom is 0.272 e. The van der Waals surface area contributed by atoms with Crippen molar-refractivity contribution in [2.24, 2.45) is 0 Å². The fraction of sp³-hybridized carbons (Fsp3) is 0.240. The lowest BCUT2D eigenvalue weighted by Gasteiger charge is -2.27. The number of hydrogen-bond donors (Lipinski definition) is 0. The van der Waals surface area contributed by atoms with E-state index >= 15 is 0 Å². The highest BCUT2D eigenvalue weighted by Crippen LogP contribution is 2.27. The smallest absolute Gasteiger partial charge is 0.272 e. The van der Waals surface area contributed by atoms with Gasteiger partial charge in [0.1, 0.15) is 5.69 Å². The molecule has 30 heavy (non-hydrogen) atoms. The number of benzene rings is 2. The quantitative estimate of drug-likeness (QED) is 0.674. The molecule has 0 radical (unpaired) electrons. The summed E-state index contributed by atoms with van der Waals surface area (Å²) in [7, 11) is 0. The predicted octanol–water partition coefficient (Wildman–Crippen LogP) is 3.59. The van der Waals surface area contributed by atoms with Crippen LogP contribution in [0, 0.1) is 0 Å². The van der Waals surface area contributed by atoms with E-state index in [9.17, 15) is 9.59 Å². The maximum atomic E-state index is 13.6. The van der Waals surface area contributed by atoms with Gasteiger partial charge in [0.05, 0.1) is 5.92 Å². The van der Waals surface area contributed by atoms with Gasteiger partial charge in [0.25, 0.3) is 5.91 Å². The fourth-order valence-corrected chi connectivity index (χ4v) is 3.94. The molecule has 152 valence electrons. The average molecular weight is 399 g/mol. The highest BCUT2D eigenvalue weighted by atomic mass is 16.2. The molecular formula is C25H25N3O2. The number of amides is 2. The molecule has 1 saturated heterocycles. The third-order valence-electron chi connectivity index (χ3n) is 5.49. The summed E-state index contributed by atoms with van der Waals surface area (Å²) in [5, 5.41) is 0. The summed E-state index contributed by atoms with van der Waals surface area (Å²) < 4.78 is 0. The Balaban J connectivity index is 1.52. The van der Waals surface area contributed by atoms with Crippen LogP contribution in [0.2, 0.25) is 0 Å². The van der Waals surface area contributed by atoms with Gasteiger partial charge in [0.15, 0.2) is 0 Å². The lowest BCUT2D eigenvalue weighted by Crippen LogP contribution is -2.39. The molecule has 0 aliphatic carbocycles. The second kappa shape index (κ2) is 9.35. The van der Waals surface area contributed by atoms with Gasteiger partial charge in [-0.2, -0.15) is 0 Å². The molecule has 5 heteroatoms. The molecule has 4 rings (SSSR count). The number of pyridine rings is 1. The van der Waals surface area contributed by atoms with E-state index in [1.165, 1.54) is 0 Å². The Bertz CT molecular complexity index is 938. The molecular weight excluding hydrogens is 374 g/mol. The molecule has 2 heterocycles. The molecule has 3 aromatic rings. The van der Waals surface area contributed by atoms with E-state index < -0.39 is 0 Å². The van der Waals surface area contributed by atoms with Gasteiger partial charge in [-0.15, -0.1) is 0 Å². The van der Waals surface area contributed by atoms with Crippen LogP contribution in [-0.4, -0.2) is 52.8 Å². The topological polar surface area (TPSA) is 53.5 Å². The van der Waals surface area contributed by atoms with Crippen LogP contribution < -0.4 is 0 Å². The highest BCUT2D eigenvalue weighted by molar-refractivity contribution is 5.92. The summed E-state index contributed by atoms with van der Waals surface area (Å²) in [5.74, 6) is -0.336. The first-order chi connectivity index (χ1) is 14.7. The van der Waals surface area contributed by atoms with Crippen LogP contribution >= 0.6 is 0 Å². The van der Waals surface area contributed by atoms with Gasteiger partial charge in [-0.05, 0) is 29.7 Å². The van der Waals surface area contributed by atoms with E-state index in [1.54, 1.807) is 23.2 Å². The minimum absolute atomic E-state index is 0.0763. The van der Waals surface area contributed by atoms with Gasteiger partial charge in [0.2, 0.25) is 5.91 Å². The molecule has 1 aliphatic heterocycles. The second-order valence-corrected chi connectivity index (χ2v) is 7.44. The third-order valence-corrected chi connectivity index (χ3v) is 5.49. The zero-order valence-electron chi connectivity index (χ0n) is 16.9. The van der Waals surface area contributed by atoms with E-state index in [0.29, 0.717) is 31.9 Å². The van der Waals surface area contributed by atoms with Crippen LogP contribution in [0.25, 0.3) is 0 Å². The lowest BCUT2D eigenvalue weighted by molar-refractivity contribution is -0.131. The first kappa shape index (κ1) is 19.8. The van der Waals surface area contributed by atoms with Gasteiger partial charge >= 0.3 is 0 Å². The Kier molecular flexibility index (Phi) is 6.18. The van der Waals surface area contributed by atoms with Crippen molar-refractivity contribution < 1.29 is 9.59 Å². The number of carbonyl (C=O) groups excluding carboxylic acids is 2. The monoisotopic (exact) mass is 399 g/mol. The normalized spacial score (nSPS) is 14.4. The molecule has 5 nitrogen and oxygen atoms in total. The minimum atomic E-state index is -0.342. The molecule has 0 saturated carbocycles. The van der Waals surface area contributed by atoms with Crippen molar-refractivity contribution >= 4 is 11.8 Å². The zero-order chi connectivity index (χ0) is 20.8. The van der Waals surface area contributed by atoms with Crippen LogP contribution in [-0.2, 0) is 4.79 Å². The van der Waals surface area contributed by atoms with Crippen molar-refractivity contribution in [2.75, 3.05) is 26.2 Å². The Labute approximate surface area is 177 Å². The van der Waals surface area contributed by atoms with Gasteiger partial charge in [-0.1, -0.05) is 66.7 Å². The number of nitrogens with zero attached hydrogens (tertiary/aromatic N) is 3. The maximum absolute atomic E-state index is 13.6. The molecule has 2 aromatic carbocycles. The van der Waals surface area contributed by atoms with E-state index in [0.717, 1.165) is 17.5 Å². The van der Waals surface area contributed by atoms with E-state index in [1.807, 2.05) is 71.6 Å². The standard InChI is InChI=1S/C25H25N3O2/c29-24(22-14-7-8-15-26-22)27-16-9-17-28(19-18-27)25(30)23(20-10-3-1-4-11-20)21-12-5-2-6-13-21/h1-8,10-15,23H,9,16-19H2. The minimum Gasteiger partial charge on any atom is -0.340 e. The second-order valence-electron chi connectivity index (χ2n) is 7.44. The third kappa shape index (κ3) is 4.40. The molecule has 0 atom stereocenters. The molecule has 1 aromatic heterocycles. The number of carbonyl (C=O) groups is 2. The SMILES string of the molecule is O=C(c1ccccn1)N1CCCN(C(=O)C(c2ccccc2)c2ccccc2)CC1. The van der Waals surface area contributed by atoms with Gasteiger partial charge in [-0.3, -0.25) is 14.6 Å². The van der Waals surface area contributed by atoms with Gasteiger partial charge in [0, 0.05) is 32.4 Å². The van der Waals surface area contributed by atoms with E-state index in [4.69, 9.17) is 0 Å². The van der Waals surface area contributed by atoms with Crippen molar-refractivity contribution in [2.45, 2.75) is 12.3 Å². The molecule has 0 unspecified atom stereocenters. The summed E-state index contributed by atoms with van der Waals surface area (Å²) in [4.78, 5) is 34.2. The van der Waals surface area contributed by atoms with Crippen LogP contribution in [0.1, 0.15) is 34.0 Å². The van der Waals surface area contributed by atoms with Crippen LogP contribution in [0.15, 0.2) is 85.1 Å². The fourth-order valence-electron chi connectivity index (χ4n) is 3.94. The summed E-state index contributed by atoms with van der Waals surface area (Å²) in [6, 6.07) is 25.2. The highest BCUT2D eigenvalue weighted by Gasteiger charge is 2.29. The zero-order valence-corrected chi connectivity index (χ0v) is 16.9. The van der Waals surface area contributed by atoms with Crippen molar-refractivity contribution in [1.29, 1.82) is 0 Å². The van der Waals surface area contributed by atoms with Gasteiger partial charge < -0.3 is 9.80 Å². The molecule has 0 bridgehead atoms. The molecule has 1 fully saturated rings. The summed E-state index contributed by atoms with van der Waals surface area (Å²) in [6.45, 7) is 2.30. The summed E-state index contributed by atoms with van der Waals surface area (Å²) >= 11 is 0. The largest absolute Gasteiger partial charge is 0.340 e. The Morgan fingerprint density at radius 3 is 1.87 bits per heavy atom. The number of rotatable bonds is 4. The Morgan fingerprint density at radius 2 is 1.27 bits per heavy atom. The molecule has 2 amide bonds. The number of hydrogen-bond acceptors (Lipinski definition) is 3. The Hall–Kier alpha value is -3.47. The molecule has 1 aliphatic rings. The van der Waals surface area contributed by atoms with Crippen molar-refractivity contribution in [3.05, 3.63) is 102 Å². The van der Waals surface area contributed by atoms with Crippen molar-refractivity contribution in [3.8, 4) is 0 Å². The average Bonchev–Trinajstić information content (AvgIpc) is 3.07.